The van der Waals surface area contributed by atoms with E-state index in [1.54, 1.807) is 18.7 Å². The average molecular weight is 327 g/mol. The molecule has 0 aliphatic carbocycles. The van der Waals surface area contributed by atoms with Gasteiger partial charge in [0.1, 0.15) is 0 Å². The molecule has 1 N–H and O–H groups in total. The number of halogens is 1. The maximum Gasteiger partial charge on any atom is 0.232 e. The monoisotopic (exact) mass is 326 g/mol. The van der Waals surface area contributed by atoms with Crippen LogP contribution in [0.4, 0.5) is 0 Å². The van der Waals surface area contributed by atoms with Gasteiger partial charge < -0.3 is 9.63 Å². The van der Waals surface area contributed by atoms with Crippen molar-refractivity contribution in [3.63, 3.8) is 0 Å². The lowest BCUT2D eigenvalue weighted by atomic mass is 9.91. The van der Waals surface area contributed by atoms with Crippen LogP contribution in [0, 0.1) is 5.92 Å². The zero-order valence-corrected chi connectivity index (χ0v) is 13.9. The van der Waals surface area contributed by atoms with Crippen molar-refractivity contribution in [1.29, 1.82) is 0 Å². The number of benzene rings is 1. The molecule has 0 saturated heterocycles. The molecular weight excluding hydrogens is 308 g/mol. The van der Waals surface area contributed by atoms with E-state index >= 15 is 0 Å². The number of thioether (sulfide) groups is 1. The summed E-state index contributed by atoms with van der Waals surface area (Å²) >= 11 is 7.67. The fourth-order valence-corrected chi connectivity index (χ4v) is 3.30. The minimum absolute atomic E-state index is 0.142. The highest BCUT2D eigenvalue weighted by molar-refractivity contribution is 7.98. The Bertz CT molecular complexity index is 579. The van der Waals surface area contributed by atoms with Crippen LogP contribution in [-0.2, 0) is 5.75 Å². The molecule has 114 valence electrons. The third-order valence-electron chi connectivity index (χ3n) is 3.20. The molecule has 4 nitrogen and oxygen atoms in total. The molecule has 1 aromatic heterocycles. The largest absolute Gasteiger partial charge is 0.393 e. The molecule has 0 fully saturated rings. The zero-order valence-electron chi connectivity index (χ0n) is 12.3. The van der Waals surface area contributed by atoms with Gasteiger partial charge in [-0.05, 0) is 25.0 Å². The molecule has 1 aromatic carbocycles. The predicted octanol–water partition coefficient (Wildman–Crippen LogP) is 4.14. The average Bonchev–Trinajstić information content (AvgIpc) is 2.85. The fourth-order valence-electron chi connectivity index (χ4n) is 2.21. The number of hydrogen-bond acceptors (Lipinski definition) is 5. The quantitative estimate of drug-likeness (QED) is 0.808. The van der Waals surface area contributed by atoms with Gasteiger partial charge in [0.15, 0.2) is 5.82 Å². The first-order chi connectivity index (χ1) is 9.99. The number of aliphatic hydroxyl groups is 1. The maximum atomic E-state index is 9.84. The summed E-state index contributed by atoms with van der Waals surface area (Å²) < 4.78 is 5.30. The Morgan fingerprint density at radius 1 is 1.29 bits per heavy atom. The van der Waals surface area contributed by atoms with E-state index in [4.69, 9.17) is 16.1 Å². The molecule has 2 aromatic rings. The summed E-state index contributed by atoms with van der Waals surface area (Å²) in [4.78, 5) is 5.38. The predicted molar refractivity (Wildman–Crippen MR) is 84.6 cm³/mol. The van der Waals surface area contributed by atoms with Gasteiger partial charge in [0.05, 0.1) is 22.8 Å². The van der Waals surface area contributed by atoms with Gasteiger partial charge in [0.25, 0.3) is 0 Å². The molecule has 0 aliphatic heterocycles. The van der Waals surface area contributed by atoms with Gasteiger partial charge in [-0.2, -0.15) is 4.98 Å². The Hall–Kier alpha value is -1.04. The molecule has 0 spiro atoms. The molecule has 1 heterocycles. The Balaban J connectivity index is 2.05. The number of hydrogen-bond donors (Lipinski definition) is 1. The molecule has 0 saturated carbocycles. The van der Waals surface area contributed by atoms with Crippen molar-refractivity contribution in [2.75, 3.05) is 0 Å². The second kappa shape index (κ2) is 7.29. The molecule has 0 aliphatic rings. The van der Waals surface area contributed by atoms with Gasteiger partial charge in [-0.15, -0.1) is 11.8 Å². The highest BCUT2D eigenvalue weighted by Crippen LogP contribution is 2.30. The summed E-state index contributed by atoms with van der Waals surface area (Å²) in [6.07, 6.45) is -0.519. The minimum Gasteiger partial charge on any atom is -0.393 e. The third kappa shape index (κ3) is 4.22. The first-order valence-electron chi connectivity index (χ1n) is 6.87. The van der Waals surface area contributed by atoms with Crippen LogP contribution < -0.4 is 0 Å². The maximum absolute atomic E-state index is 9.84. The fraction of sp³-hybridized carbons (Fsp3) is 0.467. The summed E-state index contributed by atoms with van der Waals surface area (Å²) in [6, 6.07) is 7.65. The first-order valence-corrected chi connectivity index (χ1v) is 8.23. The van der Waals surface area contributed by atoms with Gasteiger partial charge in [-0.1, -0.05) is 42.7 Å². The molecule has 0 radical (unpaired) electrons. The Morgan fingerprint density at radius 3 is 2.62 bits per heavy atom. The van der Waals surface area contributed by atoms with Crippen molar-refractivity contribution >= 4 is 23.4 Å². The molecule has 2 rings (SSSR count). The van der Waals surface area contributed by atoms with Gasteiger partial charge >= 0.3 is 0 Å². The normalized spacial score (nSPS) is 14.4. The van der Waals surface area contributed by atoms with Crippen LogP contribution >= 0.6 is 23.4 Å². The van der Waals surface area contributed by atoms with E-state index in [9.17, 15) is 5.11 Å². The van der Waals surface area contributed by atoms with E-state index < -0.39 is 6.10 Å². The van der Waals surface area contributed by atoms with Gasteiger partial charge in [0.2, 0.25) is 5.89 Å². The smallest absolute Gasteiger partial charge is 0.232 e. The van der Waals surface area contributed by atoms with Crippen molar-refractivity contribution in [3.05, 3.63) is 41.0 Å². The van der Waals surface area contributed by atoms with Crippen LogP contribution in [0.25, 0.3) is 0 Å². The molecule has 21 heavy (non-hydrogen) atoms. The van der Waals surface area contributed by atoms with Crippen LogP contribution in [0.3, 0.4) is 0 Å². The number of aromatic nitrogens is 2. The van der Waals surface area contributed by atoms with E-state index in [2.05, 4.69) is 10.1 Å². The Labute approximate surface area is 133 Å². The molecule has 6 heteroatoms. The van der Waals surface area contributed by atoms with E-state index in [0.717, 1.165) is 9.92 Å². The lowest BCUT2D eigenvalue weighted by Gasteiger charge is -2.19. The van der Waals surface area contributed by atoms with Crippen molar-refractivity contribution < 1.29 is 9.63 Å². The lowest BCUT2D eigenvalue weighted by Crippen LogP contribution is -2.20. The van der Waals surface area contributed by atoms with Gasteiger partial charge in [0, 0.05) is 4.90 Å². The number of nitrogens with zero attached hydrogens (tertiary/aromatic N) is 2. The second-order valence-electron chi connectivity index (χ2n) is 5.28. The third-order valence-corrected chi connectivity index (χ3v) is 4.71. The van der Waals surface area contributed by atoms with E-state index in [1.807, 2.05) is 38.1 Å². The van der Waals surface area contributed by atoms with Crippen molar-refractivity contribution in [2.45, 2.75) is 43.4 Å². The molecule has 2 unspecified atom stereocenters. The Kier molecular flexibility index (Phi) is 5.67. The van der Waals surface area contributed by atoms with Crippen molar-refractivity contribution in [2.24, 2.45) is 5.92 Å². The van der Waals surface area contributed by atoms with E-state index in [1.165, 1.54) is 0 Å². The van der Waals surface area contributed by atoms with Crippen LogP contribution in [0.15, 0.2) is 33.7 Å². The van der Waals surface area contributed by atoms with Crippen molar-refractivity contribution in [3.8, 4) is 0 Å². The minimum atomic E-state index is -0.519. The summed E-state index contributed by atoms with van der Waals surface area (Å²) in [5.74, 6) is 1.78. The molecule has 0 amide bonds. The summed E-state index contributed by atoms with van der Waals surface area (Å²) in [6.45, 7) is 5.80. The molecule has 2 atom stereocenters. The first kappa shape index (κ1) is 16.3. The molecule has 0 bridgehead atoms. The number of rotatable bonds is 6. The van der Waals surface area contributed by atoms with Gasteiger partial charge in [-0.25, -0.2) is 0 Å². The standard InChI is InChI=1S/C15H19ClN2O2S/c1-9(2)14(10(3)19)15-17-13(18-20-15)8-21-12-7-5-4-6-11(12)16/h4-7,9-10,14,19H,8H2,1-3H3. The topological polar surface area (TPSA) is 59.2 Å². The number of aliphatic hydroxyl groups excluding tert-OH is 1. The van der Waals surface area contributed by atoms with E-state index in [0.29, 0.717) is 17.5 Å². The summed E-state index contributed by atoms with van der Waals surface area (Å²) in [5, 5.41) is 14.5. The summed E-state index contributed by atoms with van der Waals surface area (Å²) in [7, 11) is 0. The van der Waals surface area contributed by atoms with Gasteiger partial charge in [-0.3, -0.25) is 0 Å². The van der Waals surface area contributed by atoms with E-state index in [-0.39, 0.29) is 11.8 Å². The van der Waals surface area contributed by atoms with Crippen LogP contribution in [0.2, 0.25) is 5.02 Å². The van der Waals surface area contributed by atoms with Crippen LogP contribution in [0.1, 0.15) is 38.4 Å². The highest BCUT2D eigenvalue weighted by atomic mass is 35.5. The van der Waals surface area contributed by atoms with Crippen LogP contribution in [0.5, 0.6) is 0 Å². The SMILES string of the molecule is CC(C)C(c1nc(CSc2ccccc2Cl)no1)C(C)O. The van der Waals surface area contributed by atoms with Crippen LogP contribution in [-0.4, -0.2) is 21.4 Å². The second-order valence-corrected chi connectivity index (χ2v) is 6.70. The highest BCUT2D eigenvalue weighted by Gasteiger charge is 2.27. The Morgan fingerprint density at radius 2 is 2.00 bits per heavy atom. The van der Waals surface area contributed by atoms with Crippen molar-refractivity contribution in [1.82, 2.24) is 10.1 Å². The molecular formula is C15H19ClN2O2S. The zero-order chi connectivity index (χ0) is 15.4. The summed E-state index contributed by atoms with van der Waals surface area (Å²) in [5.41, 5.74) is 0. The lowest BCUT2D eigenvalue weighted by molar-refractivity contribution is 0.120.